The van der Waals surface area contributed by atoms with Crippen LogP contribution in [0.15, 0.2) is 58.6 Å². The van der Waals surface area contributed by atoms with E-state index >= 15 is 0 Å². The van der Waals surface area contributed by atoms with Gasteiger partial charge in [-0.1, -0.05) is 54.2 Å². The van der Waals surface area contributed by atoms with Gasteiger partial charge in [-0.3, -0.25) is 4.79 Å². The number of nitrogens with zero attached hydrogens (tertiary/aromatic N) is 3. The molecule has 0 saturated carbocycles. The molecular weight excluding hydrogens is 308 g/mol. The summed E-state index contributed by atoms with van der Waals surface area (Å²) in [6, 6.07) is 14.2. The molecule has 5 nitrogen and oxygen atoms in total. The number of aromatic amines is 1. The summed E-state index contributed by atoms with van der Waals surface area (Å²) in [6.45, 7) is 0.434. The van der Waals surface area contributed by atoms with Crippen LogP contribution in [0, 0.1) is 0 Å². The first-order chi connectivity index (χ1) is 11.3. The lowest BCUT2D eigenvalue weighted by molar-refractivity contribution is 0.649. The zero-order valence-electron chi connectivity index (χ0n) is 12.5. The highest BCUT2D eigenvalue weighted by atomic mass is 32.2. The quantitative estimate of drug-likeness (QED) is 0.589. The molecule has 0 spiro atoms. The lowest BCUT2D eigenvalue weighted by Gasteiger charge is -2.08. The van der Waals surface area contributed by atoms with E-state index in [-0.39, 0.29) is 5.56 Å². The van der Waals surface area contributed by atoms with E-state index < -0.39 is 0 Å². The van der Waals surface area contributed by atoms with E-state index in [0.29, 0.717) is 17.6 Å². The SMILES string of the molecule is CSc1nc2cnn(Cc3cccc4ccccc34)c(=O)c2[nH]1. The van der Waals surface area contributed by atoms with Gasteiger partial charge in [-0.2, -0.15) is 5.10 Å². The minimum Gasteiger partial charge on any atom is -0.328 e. The Balaban J connectivity index is 1.83. The van der Waals surface area contributed by atoms with Gasteiger partial charge in [-0.05, 0) is 22.6 Å². The van der Waals surface area contributed by atoms with E-state index in [1.165, 1.54) is 16.4 Å². The van der Waals surface area contributed by atoms with Crippen molar-refractivity contribution in [3.05, 3.63) is 64.6 Å². The van der Waals surface area contributed by atoms with Gasteiger partial charge in [-0.25, -0.2) is 9.67 Å². The molecule has 0 fully saturated rings. The Labute approximate surface area is 136 Å². The predicted molar refractivity (Wildman–Crippen MR) is 93.0 cm³/mol. The summed E-state index contributed by atoms with van der Waals surface area (Å²) in [6.07, 6.45) is 3.55. The molecule has 4 rings (SSSR count). The minimum atomic E-state index is -0.150. The zero-order chi connectivity index (χ0) is 15.8. The van der Waals surface area contributed by atoms with Crippen molar-refractivity contribution >= 4 is 33.6 Å². The maximum absolute atomic E-state index is 12.6. The van der Waals surface area contributed by atoms with Crippen molar-refractivity contribution < 1.29 is 0 Å². The summed E-state index contributed by atoms with van der Waals surface area (Å²) in [4.78, 5) is 20.0. The van der Waals surface area contributed by atoms with Crippen molar-refractivity contribution in [2.24, 2.45) is 0 Å². The minimum absolute atomic E-state index is 0.150. The maximum Gasteiger partial charge on any atom is 0.293 e. The fourth-order valence-corrected chi connectivity index (χ4v) is 3.12. The number of hydrogen-bond donors (Lipinski definition) is 1. The van der Waals surface area contributed by atoms with Crippen LogP contribution in [-0.4, -0.2) is 26.0 Å². The first kappa shape index (κ1) is 14.0. The number of imidazole rings is 1. The van der Waals surface area contributed by atoms with Crippen molar-refractivity contribution in [3.63, 3.8) is 0 Å². The average Bonchev–Trinajstić information content (AvgIpc) is 3.02. The number of thioether (sulfide) groups is 1. The summed E-state index contributed by atoms with van der Waals surface area (Å²) in [5.74, 6) is 0. The third kappa shape index (κ3) is 2.41. The smallest absolute Gasteiger partial charge is 0.293 e. The van der Waals surface area contributed by atoms with E-state index in [4.69, 9.17) is 0 Å². The molecule has 0 atom stereocenters. The third-order valence-electron chi connectivity index (χ3n) is 3.87. The molecule has 4 aromatic rings. The van der Waals surface area contributed by atoms with E-state index in [2.05, 4.69) is 33.3 Å². The topological polar surface area (TPSA) is 63.6 Å². The second kappa shape index (κ2) is 5.55. The van der Waals surface area contributed by atoms with Gasteiger partial charge in [0.15, 0.2) is 5.16 Å². The van der Waals surface area contributed by atoms with Crippen LogP contribution in [-0.2, 0) is 6.54 Å². The molecule has 1 N–H and O–H groups in total. The van der Waals surface area contributed by atoms with E-state index in [1.54, 1.807) is 6.20 Å². The molecule has 0 aliphatic rings. The van der Waals surface area contributed by atoms with Crippen LogP contribution < -0.4 is 5.56 Å². The highest BCUT2D eigenvalue weighted by Gasteiger charge is 2.10. The predicted octanol–water partition coefficient (Wildman–Crippen LogP) is 3.04. The number of aromatic nitrogens is 4. The van der Waals surface area contributed by atoms with Crippen LogP contribution in [0.4, 0.5) is 0 Å². The Morgan fingerprint density at radius 1 is 1.17 bits per heavy atom. The summed E-state index contributed by atoms with van der Waals surface area (Å²) in [5, 5.41) is 7.29. The van der Waals surface area contributed by atoms with E-state index in [9.17, 15) is 4.79 Å². The van der Waals surface area contributed by atoms with Crippen LogP contribution in [0.25, 0.3) is 21.8 Å². The van der Waals surface area contributed by atoms with Crippen LogP contribution in [0.2, 0.25) is 0 Å². The van der Waals surface area contributed by atoms with Gasteiger partial charge < -0.3 is 4.98 Å². The Morgan fingerprint density at radius 3 is 2.87 bits per heavy atom. The van der Waals surface area contributed by atoms with Crippen molar-refractivity contribution in [2.45, 2.75) is 11.7 Å². The van der Waals surface area contributed by atoms with Crippen LogP contribution in [0.5, 0.6) is 0 Å². The third-order valence-corrected chi connectivity index (χ3v) is 4.45. The Kier molecular flexibility index (Phi) is 3.38. The molecule has 2 heterocycles. The summed E-state index contributed by atoms with van der Waals surface area (Å²) in [5.41, 5.74) is 2.03. The summed E-state index contributed by atoms with van der Waals surface area (Å²) in [7, 11) is 0. The molecule has 0 radical (unpaired) electrons. The molecule has 0 aliphatic carbocycles. The normalized spacial score (nSPS) is 11.3. The standard InChI is InChI=1S/C17H14N4OS/c1-23-17-19-14-9-18-21(16(22)15(14)20-17)10-12-7-4-6-11-5-2-3-8-13(11)12/h2-9H,10H2,1H3,(H,19,20). The molecule has 23 heavy (non-hydrogen) atoms. The lowest BCUT2D eigenvalue weighted by Crippen LogP contribution is -2.23. The molecular formula is C17H14N4OS. The van der Waals surface area contributed by atoms with Gasteiger partial charge in [0.05, 0.1) is 12.7 Å². The second-order valence-corrected chi connectivity index (χ2v) is 6.05. The number of fused-ring (bicyclic) bond motifs is 2. The molecule has 2 aromatic heterocycles. The number of H-pyrrole nitrogens is 1. The molecule has 0 aliphatic heterocycles. The fraction of sp³-hybridized carbons (Fsp3) is 0.118. The zero-order valence-corrected chi connectivity index (χ0v) is 13.3. The molecule has 114 valence electrons. The lowest BCUT2D eigenvalue weighted by atomic mass is 10.0. The number of hydrogen-bond acceptors (Lipinski definition) is 4. The number of rotatable bonds is 3. The van der Waals surface area contributed by atoms with Gasteiger partial charge in [0.2, 0.25) is 0 Å². The first-order valence-electron chi connectivity index (χ1n) is 7.23. The largest absolute Gasteiger partial charge is 0.328 e. The Bertz CT molecular complexity index is 1060. The Morgan fingerprint density at radius 2 is 2.00 bits per heavy atom. The second-order valence-electron chi connectivity index (χ2n) is 5.25. The molecule has 0 unspecified atom stereocenters. The van der Waals surface area contributed by atoms with Crippen molar-refractivity contribution in [2.75, 3.05) is 6.26 Å². The van der Waals surface area contributed by atoms with Gasteiger partial charge in [0, 0.05) is 0 Å². The number of nitrogens with one attached hydrogen (secondary N) is 1. The highest BCUT2D eigenvalue weighted by Crippen LogP contribution is 2.19. The molecule has 0 amide bonds. The van der Waals surface area contributed by atoms with Gasteiger partial charge >= 0.3 is 0 Å². The van der Waals surface area contributed by atoms with E-state index in [1.807, 2.05) is 30.5 Å². The van der Waals surface area contributed by atoms with Gasteiger partial charge in [0.1, 0.15) is 11.0 Å². The summed E-state index contributed by atoms with van der Waals surface area (Å²) < 4.78 is 1.48. The fourth-order valence-electron chi connectivity index (χ4n) is 2.73. The number of benzene rings is 2. The van der Waals surface area contributed by atoms with Crippen LogP contribution >= 0.6 is 11.8 Å². The van der Waals surface area contributed by atoms with Crippen molar-refractivity contribution in [1.82, 2.24) is 19.7 Å². The van der Waals surface area contributed by atoms with Crippen molar-refractivity contribution in [3.8, 4) is 0 Å². The van der Waals surface area contributed by atoms with Crippen LogP contribution in [0.1, 0.15) is 5.56 Å². The maximum atomic E-state index is 12.6. The first-order valence-corrected chi connectivity index (χ1v) is 8.45. The molecule has 0 saturated heterocycles. The molecule has 6 heteroatoms. The monoisotopic (exact) mass is 322 g/mol. The van der Waals surface area contributed by atoms with Crippen molar-refractivity contribution in [1.29, 1.82) is 0 Å². The van der Waals surface area contributed by atoms with Gasteiger partial charge in [-0.15, -0.1) is 0 Å². The van der Waals surface area contributed by atoms with Crippen LogP contribution in [0.3, 0.4) is 0 Å². The summed E-state index contributed by atoms with van der Waals surface area (Å²) >= 11 is 1.47. The molecule has 2 aromatic carbocycles. The highest BCUT2D eigenvalue weighted by molar-refractivity contribution is 7.98. The van der Waals surface area contributed by atoms with E-state index in [0.717, 1.165) is 21.5 Å². The molecule has 0 bridgehead atoms. The van der Waals surface area contributed by atoms with Gasteiger partial charge in [0.25, 0.3) is 5.56 Å². The average molecular weight is 322 g/mol. The Hall–Kier alpha value is -2.60.